The first kappa shape index (κ1) is 18.0. The number of amides is 1. The molecule has 3 heterocycles. The zero-order valence-corrected chi connectivity index (χ0v) is 14.5. The van der Waals surface area contributed by atoms with Gasteiger partial charge >= 0.3 is 6.09 Å². The third-order valence-electron chi connectivity index (χ3n) is 4.46. The minimum absolute atomic E-state index is 0.00838. The third-order valence-corrected chi connectivity index (χ3v) is 4.46. The highest BCUT2D eigenvalue weighted by Gasteiger charge is 2.20. The van der Waals surface area contributed by atoms with Crippen LogP contribution in [-0.2, 0) is 0 Å². The minimum Gasteiger partial charge on any atom is -0.487 e. The van der Waals surface area contributed by atoms with E-state index in [1.165, 1.54) is 7.11 Å². The first-order chi connectivity index (χ1) is 12.6. The average molecular weight is 362 g/mol. The Hall–Kier alpha value is -2.81. The molecule has 2 aromatic heterocycles. The highest BCUT2D eigenvalue weighted by molar-refractivity contribution is 5.75. The number of carbonyl (C=O) groups is 1. The van der Waals surface area contributed by atoms with Gasteiger partial charge in [0.15, 0.2) is 5.75 Å². The average Bonchev–Trinajstić information content (AvgIpc) is 2.64. The second-order valence-corrected chi connectivity index (χ2v) is 6.15. The number of methoxy groups -OCH3 is 1. The van der Waals surface area contributed by atoms with Crippen LogP contribution < -0.4 is 20.2 Å². The van der Waals surface area contributed by atoms with Crippen molar-refractivity contribution in [1.82, 2.24) is 20.2 Å². The summed E-state index contributed by atoms with van der Waals surface area (Å²) in [5.41, 5.74) is 0.626. The molecule has 26 heavy (non-hydrogen) atoms. The lowest BCUT2D eigenvalue weighted by molar-refractivity contribution is 0.153. The fourth-order valence-electron chi connectivity index (χ4n) is 3.04. The van der Waals surface area contributed by atoms with Gasteiger partial charge in [0, 0.05) is 37.9 Å². The number of nitrogens with one attached hydrogen (secondary N) is 2. The van der Waals surface area contributed by atoms with Crippen molar-refractivity contribution < 1.29 is 19.4 Å². The Morgan fingerprint density at radius 3 is 2.88 bits per heavy atom. The summed E-state index contributed by atoms with van der Waals surface area (Å²) in [6.45, 7) is 2.63. The lowest BCUT2D eigenvalue weighted by Crippen LogP contribution is -2.45. The van der Waals surface area contributed by atoms with E-state index in [0.29, 0.717) is 24.5 Å². The second kappa shape index (κ2) is 8.05. The van der Waals surface area contributed by atoms with Crippen LogP contribution in [0.2, 0.25) is 0 Å². The monoisotopic (exact) mass is 362 g/mol. The molecule has 1 aliphatic heterocycles. The molecule has 1 saturated heterocycles. The highest BCUT2D eigenvalue weighted by Crippen LogP contribution is 2.15. The molecule has 1 aliphatic rings. The van der Waals surface area contributed by atoms with Crippen LogP contribution in [0.4, 0.5) is 4.79 Å². The van der Waals surface area contributed by atoms with Gasteiger partial charge in [-0.2, -0.15) is 0 Å². The lowest BCUT2D eigenvalue weighted by Gasteiger charge is -2.31. The summed E-state index contributed by atoms with van der Waals surface area (Å²) in [4.78, 5) is 32.5. The van der Waals surface area contributed by atoms with E-state index in [-0.39, 0.29) is 22.7 Å². The van der Waals surface area contributed by atoms with Gasteiger partial charge < -0.3 is 24.9 Å². The van der Waals surface area contributed by atoms with Crippen LogP contribution in [0.1, 0.15) is 12.8 Å². The number of fused-ring (bicyclic) bond motifs is 1. The van der Waals surface area contributed by atoms with E-state index in [9.17, 15) is 9.59 Å². The maximum absolute atomic E-state index is 12.5. The summed E-state index contributed by atoms with van der Waals surface area (Å²) in [7, 11) is 1.50. The molecule has 0 spiro atoms. The Labute approximate surface area is 149 Å². The molecule has 0 unspecified atom stereocenters. The number of nitrogens with zero attached hydrogens (tertiary/aromatic N) is 2. The molecular weight excluding hydrogens is 340 g/mol. The molecule has 0 bridgehead atoms. The molecule has 0 radical (unpaired) electrons. The molecule has 1 fully saturated rings. The van der Waals surface area contributed by atoms with Crippen LogP contribution >= 0.6 is 0 Å². The molecule has 1 amide bonds. The van der Waals surface area contributed by atoms with Gasteiger partial charge in [0.1, 0.15) is 12.1 Å². The number of hydrogen-bond donors (Lipinski definition) is 3. The summed E-state index contributed by atoms with van der Waals surface area (Å²) in [6, 6.07) is 3.43. The van der Waals surface area contributed by atoms with E-state index in [1.807, 2.05) is 0 Å². The Bertz CT molecular complexity index is 830. The number of carboxylic acid groups (broad SMARTS) is 1. The van der Waals surface area contributed by atoms with E-state index in [4.69, 9.17) is 14.6 Å². The van der Waals surface area contributed by atoms with Crippen LogP contribution in [0, 0.1) is 0 Å². The molecule has 9 nitrogen and oxygen atoms in total. The van der Waals surface area contributed by atoms with Gasteiger partial charge in [0.25, 0.3) is 0 Å². The molecule has 2 aromatic rings. The summed E-state index contributed by atoms with van der Waals surface area (Å²) >= 11 is 0. The van der Waals surface area contributed by atoms with Crippen molar-refractivity contribution >= 4 is 17.1 Å². The SMILES string of the molecule is COc1ccc2[nH]cc(OCCN3CCC(NC(=O)O)CC3)c(=O)c2n1. The van der Waals surface area contributed by atoms with Crippen molar-refractivity contribution in [1.29, 1.82) is 0 Å². The third kappa shape index (κ3) is 4.23. The van der Waals surface area contributed by atoms with Gasteiger partial charge in [-0.1, -0.05) is 0 Å². The Morgan fingerprint density at radius 1 is 1.42 bits per heavy atom. The van der Waals surface area contributed by atoms with E-state index in [2.05, 4.69) is 20.2 Å². The fourth-order valence-corrected chi connectivity index (χ4v) is 3.04. The molecule has 0 atom stereocenters. The number of hydrogen-bond acceptors (Lipinski definition) is 6. The van der Waals surface area contributed by atoms with Crippen molar-refractivity contribution in [3.05, 3.63) is 28.6 Å². The van der Waals surface area contributed by atoms with Gasteiger partial charge in [0.2, 0.25) is 11.3 Å². The van der Waals surface area contributed by atoms with Gasteiger partial charge in [0.05, 0.1) is 12.6 Å². The fraction of sp³-hybridized carbons (Fsp3) is 0.471. The standard InChI is InChI=1S/C17H22N4O5/c1-25-14-3-2-12-15(20-14)16(22)13(10-18-12)26-9-8-21-6-4-11(5-7-21)19-17(23)24/h2-3,10-11,19H,4-9H2,1H3,(H,18,22)(H,23,24). The molecule has 0 saturated carbocycles. The largest absolute Gasteiger partial charge is 0.487 e. The van der Waals surface area contributed by atoms with Crippen molar-refractivity contribution in [2.75, 3.05) is 33.4 Å². The van der Waals surface area contributed by atoms with E-state index < -0.39 is 6.09 Å². The quantitative estimate of drug-likeness (QED) is 0.703. The zero-order valence-electron chi connectivity index (χ0n) is 14.5. The van der Waals surface area contributed by atoms with Gasteiger partial charge in [-0.3, -0.25) is 9.69 Å². The molecule has 3 N–H and O–H groups in total. The topological polar surface area (TPSA) is 117 Å². The number of ether oxygens (including phenoxy) is 2. The number of pyridine rings is 2. The number of aromatic nitrogens is 2. The Balaban J connectivity index is 1.55. The van der Waals surface area contributed by atoms with E-state index in [1.54, 1.807) is 18.3 Å². The van der Waals surface area contributed by atoms with Crippen molar-refractivity contribution in [2.45, 2.75) is 18.9 Å². The van der Waals surface area contributed by atoms with Gasteiger partial charge in [-0.15, -0.1) is 0 Å². The summed E-state index contributed by atoms with van der Waals surface area (Å²) in [6.07, 6.45) is 2.11. The number of likely N-dealkylation sites (tertiary alicyclic amines) is 1. The van der Waals surface area contributed by atoms with Crippen LogP contribution in [0.15, 0.2) is 23.1 Å². The molecular formula is C17H22N4O5. The molecule has 0 aliphatic carbocycles. The Kier molecular flexibility index (Phi) is 5.57. The zero-order chi connectivity index (χ0) is 18.5. The van der Waals surface area contributed by atoms with Crippen molar-refractivity contribution in [2.24, 2.45) is 0 Å². The van der Waals surface area contributed by atoms with E-state index in [0.717, 1.165) is 25.9 Å². The number of H-pyrrole nitrogens is 1. The van der Waals surface area contributed by atoms with Crippen LogP contribution in [0.3, 0.4) is 0 Å². The Morgan fingerprint density at radius 2 is 2.19 bits per heavy atom. The summed E-state index contributed by atoms with van der Waals surface area (Å²) < 4.78 is 10.7. The molecule has 3 rings (SSSR count). The van der Waals surface area contributed by atoms with E-state index >= 15 is 0 Å². The van der Waals surface area contributed by atoms with Crippen LogP contribution in [0.5, 0.6) is 11.6 Å². The van der Waals surface area contributed by atoms with Crippen molar-refractivity contribution in [3.8, 4) is 11.6 Å². The van der Waals surface area contributed by atoms with Crippen LogP contribution in [0.25, 0.3) is 11.0 Å². The number of rotatable bonds is 6. The summed E-state index contributed by atoms with van der Waals surface area (Å²) in [5.74, 6) is 0.596. The number of aromatic amines is 1. The normalized spacial score (nSPS) is 15.7. The first-order valence-electron chi connectivity index (χ1n) is 8.48. The predicted octanol–water partition coefficient (Wildman–Crippen LogP) is 1.04. The lowest BCUT2D eigenvalue weighted by atomic mass is 10.1. The maximum atomic E-state index is 12.5. The maximum Gasteiger partial charge on any atom is 0.404 e. The minimum atomic E-state index is -0.979. The van der Waals surface area contributed by atoms with Crippen LogP contribution in [-0.4, -0.2) is 65.5 Å². The predicted molar refractivity (Wildman–Crippen MR) is 95.0 cm³/mol. The first-order valence-corrected chi connectivity index (χ1v) is 8.48. The molecule has 140 valence electrons. The smallest absolute Gasteiger partial charge is 0.404 e. The summed E-state index contributed by atoms with van der Waals surface area (Å²) in [5, 5.41) is 11.3. The molecule has 9 heteroatoms. The second-order valence-electron chi connectivity index (χ2n) is 6.15. The van der Waals surface area contributed by atoms with Crippen molar-refractivity contribution in [3.63, 3.8) is 0 Å². The number of piperidine rings is 1. The van der Waals surface area contributed by atoms with Gasteiger partial charge in [-0.25, -0.2) is 9.78 Å². The highest BCUT2D eigenvalue weighted by atomic mass is 16.5. The molecule has 0 aromatic carbocycles. The van der Waals surface area contributed by atoms with Gasteiger partial charge in [-0.05, 0) is 18.9 Å².